The minimum atomic E-state index is -0.776. The summed E-state index contributed by atoms with van der Waals surface area (Å²) >= 11 is 0. The molecule has 0 aliphatic carbocycles. The van der Waals surface area contributed by atoms with Gasteiger partial charge in [0, 0.05) is 29.4 Å². The normalized spacial score (nSPS) is 14.5. The molecule has 0 aliphatic heterocycles. The largest absolute Gasteiger partial charge is 0.370 e. The maximum absolute atomic E-state index is 10.6. The maximum atomic E-state index is 10.6. The monoisotopic (exact) mass is 177 g/mol. The Morgan fingerprint density at radius 2 is 2.36 bits per heavy atom. The number of nitrogens with two attached hydrogens (primary N) is 1. The Bertz CT molecular complexity index is 158. The molecule has 5 heteroatoms. The molecule has 4 nitrogen and oxygen atoms in total. The van der Waals surface area contributed by atoms with Gasteiger partial charge in [-0.25, -0.2) is 0 Å². The van der Waals surface area contributed by atoms with Gasteiger partial charge in [0.25, 0.3) is 0 Å². The smallest absolute Gasteiger partial charge is 0.188 e. The van der Waals surface area contributed by atoms with Gasteiger partial charge in [0.15, 0.2) is 5.96 Å². The SMILES string of the molecule is CCNC(N)=NCCS(C)=O. The van der Waals surface area contributed by atoms with Gasteiger partial charge >= 0.3 is 0 Å². The van der Waals surface area contributed by atoms with Crippen molar-refractivity contribution in [3.05, 3.63) is 0 Å². The standard InChI is InChI=1S/C6H15N3OS/c1-3-8-6(7)9-4-5-11(2)10/h3-5H2,1-2H3,(H3,7,8,9). The van der Waals surface area contributed by atoms with E-state index in [1.54, 1.807) is 6.26 Å². The number of rotatable bonds is 4. The van der Waals surface area contributed by atoms with Crippen LogP contribution < -0.4 is 11.1 Å². The van der Waals surface area contributed by atoms with E-state index in [4.69, 9.17) is 5.73 Å². The molecule has 0 radical (unpaired) electrons. The Labute approximate surface area is 69.7 Å². The van der Waals surface area contributed by atoms with Crippen LogP contribution in [0.1, 0.15) is 6.92 Å². The number of nitrogens with one attached hydrogen (secondary N) is 1. The lowest BCUT2D eigenvalue weighted by Gasteiger charge is -1.99. The van der Waals surface area contributed by atoms with Crippen LogP contribution in [-0.2, 0) is 10.8 Å². The third kappa shape index (κ3) is 7.32. The fourth-order valence-electron chi connectivity index (χ4n) is 0.532. The van der Waals surface area contributed by atoms with Gasteiger partial charge < -0.3 is 11.1 Å². The molecule has 0 amide bonds. The van der Waals surface area contributed by atoms with Crippen LogP contribution in [0.3, 0.4) is 0 Å². The van der Waals surface area contributed by atoms with E-state index < -0.39 is 10.8 Å². The van der Waals surface area contributed by atoms with Crippen LogP contribution in [0, 0.1) is 0 Å². The molecule has 1 unspecified atom stereocenters. The first-order valence-corrected chi connectivity index (χ1v) is 5.23. The third-order valence-electron chi connectivity index (χ3n) is 1.02. The van der Waals surface area contributed by atoms with Gasteiger partial charge in [-0.05, 0) is 6.92 Å². The summed E-state index contributed by atoms with van der Waals surface area (Å²) in [5.41, 5.74) is 5.41. The highest BCUT2D eigenvalue weighted by molar-refractivity contribution is 7.84. The summed E-state index contributed by atoms with van der Waals surface area (Å²) in [4.78, 5) is 3.94. The zero-order chi connectivity index (χ0) is 8.69. The van der Waals surface area contributed by atoms with Gasteiger partial charge in [-0.3, -0.25) is 9.20 Å². The molecule has 0 aromatic heterocycles. The van der Waals surface area contributed by atoms with E-state index in [0.717, 1.165) is 6.54 Å². The van der Waals surface area contributed by atoms with Crippen molar-refractivity contribution >= 4 is 16.8 Å². The van der Waals surface area contributed by atoms with Crippen molar-refractivity contribution in [1.29, 1.82) is 0 Å². The summed E-state index contributed by atoms with van der Waals surface area (Å²) in [6.07, 6.45) is 1.65. The summed E-state index contributed by atoms with van der Waals surface area (Å²) in [5.74, 6) is 1.00. The van der Waals surface area contributed by atoms with Gasteiger partial charge in [-0.15, -0.1) is 0 Å². The van der Waals surface area contributed by atoms with Crippen LogP contribution in [0.25, 0.3) is 0 Å². The van der Waals surface area contributed by atoms with E-state index >= 15 is 0 Å². The molecular formula is C6H15N3OS. The topological polar surface area (TPSA) is 67.5 Å². The molecule has 3 N–H and O–H groups in total. The minimum absolute atomic E-state index is 0.429. The average molecular weight is 177 g/mol. The van der Waals surface area contributed by atoms with Crippen LogP contribution in [0.15, 0.2) is 4.99 Å². The fraction of sp³-hybridized carbons (Fsp3) is 0.833. The van der Waals surface area contributed by atoms with Crippen molar-refractivity contribution in [2.45, 2.75) is 6.92 Å². The van der Waals surface area contributed by atoms with Crippen molar-refractivity contribution in [3.8, 4) is 0 Å². The number of aliphatic imine (C=N–C) groups is 1. The van der Waals surface area contributed by atoms with Crippen molar-refractivity contribution in [2.24, 2.45) is 10.7 Å². The third-order valence-corrected chi connectivity index (χ3v) is 1.78. The fourth-order valence-corrected chi connectivity index (χ4v) is 0.880. The van der Waals surface area contributed by atoms with Crippen LogP contribution >= 0.6 is 0 Å². The molecule has 0 bridgehead atoms. The van der Waals surface area contributed by atoms with Gasteiger partial charge in [-0.1, -0.05) is 0 Å². The Hall–Kier alpha value is -0.580. The summed E-state index contributed by atoms with van der Waals surface area (Å²) < 4.78 is 10.6. The molecule has 66 valence electrons. The lowest BCUT2D eigenvalue weighted by molar-refractivity contribution is 0.686. The van der Waals surface area contributed by atoms with E-state index in [1.165, 1.54) is 0 Å². The molecule has 11 heavy (non-hydrogen) atoms. The van der Waals surface area contributed by atoms with Crippen LogP contribution in [0.4, 0.5) is 0 Å². The van der Waals surface area contributed by atoms with Crippen LogP contribution in [0.5, 0.6) is 0 Å². The van der Waals surface area contributed by atoms with Gasteiger partial charge in [-0.2, -0.15) is 0 Å². The zero-order valence-electron chi connectivity index (χ0n) is 6.96. The first-order chi connectivity index (χ1) is 5.16. The number of nitrogens with zero attached hydrogens (tertiary/aromatic N) is 1. The molecule has 0 aromatic rings. The second-order valence-corrected chi connectivity index (χ2v) is 3.63. The molecular weight excluding hydrogens is 162 g/mol. The Balaban J connectivity index is 3.47. The summed E-state index contributed by atoms with van der Waals surface area (Å²) in [7, 11) is -0.776. The van der Waals surface area contributed by atoms with Gasteiger partial charge in [0.2, 0.25) is 0 Å². The quantitative estimate of drug-likeness (QED) is 0.440. The average Bonchev–Trinajstić information content (AvgIpc) is 1.87. The molecule has 0 aromatic carbocycles. The van der Waals surface area contributed by atoms with Crippen LogP contribution in [-0.4, -0.2) is 35.3 Å². The van der Waals surface area contributed by atoms with Crippen molar-refractivity contribution < 1.29 is 4.21 Å². The molecule has 0 aliphatic rings. The van der Waals surface area contributed by atoms with E-state index in [2.05, 4.69) is 10.3 Å². The maximum Gasteiger partial charge on any atom is 0.188 e. The van der Waals surface area contributed by atoms with Crippen molar-refractivity contribution in [3.63, 3.8) is 0 Å². The van der Waals surface area contributed by atoms with Gasteiger partial charge in [0.05, 0.1) is 6.54 Å². The molecule has 0 heterocycles. The highest BCUT2D eigenvalue weighted by Gasteiger charge is 1.89. The van der Waals surface area contributed by atoms with E-state index in [-0.39, 0.29) is 0 Å². The lowest BCUT2D eigenvalue weighted by atomic mass is 10.7. The number of hydrogen-bond donors (Lipinski definition) is 2. The van der Waals surface area contributed by atoms with Crippen molar-refractivity contribution in [1.82, 2.24) is 5.32 Å². The zero-order valence-corrected chi connectivity index (χ0v) is 7.78. The first kappa shape index (κ1) is 10.4. The predicted octanol–water partition coefficient (Wildman–Crippen LogP) is -0.711. The van der Waals surface area contributed by atoms with E-state index in [0.29, 0.717) is 18.3 Å². The predicted molar refractivity (Wildman–Crippen MR) is 49.1 cm³/mol. The second kappa shape index (κ2) is 6.15. The molecule has 0 spiro atoms. The summed E-state index contributed by atoms with van der Waals surface area (Å²) in [5, 5.41) is 2.85. The molecule has 0 saturated carbocycles. The Morgan fingerprint density at radius 3 is 2.82 bits per heavy atom. The van der Waals surface area contributed by atoms with E-state index in [9.17, 15) is 4.21 Å². The van der Waals surface area contributed by atoms with E-state index in [1.807, 2.05) is 6.92 Å². The molecule has 0 saturated heterocycles. The number of guanidine groups is 1. The molecule has 0 fully saturated rings. The summed E-state index contributed by atoms with van der Waals surface area (Å²) in [6.45, 7) is 3.24. The highest BCUT2D eigenvalue weighted by Crippen LogP contribution is 1.76. The molecule has 0 rings (SSSR count). The molecule has 1 atom stereocenters. The second-order valence-electron chi connectivity index (χ2n) is 2.07. The summed E-state index contributed by atoms with van der Waals surface area (Å²) in [6, 6.07) is 0. The highest BCUT2D eigenvalue weighted by atomic mass is 32.2. The van der Waals surface area contributed by atoms with Crippen molar-refractivity contribution in [2.75, 3.05) is 25.1 Å². The first-order valence-electron chi connectivity index (χ1n) is 3.50. The minimum Gasteiger partial charge on any atom is -0.370 e. The number of hydrogen-bond acceptors (Lipinski definition) is 2. The van der Waals surface area contributed by atoms with Gasteiger partial charge in [0.1, 0.15) is 0 Å². The Kier molecular flexibility index (Phi) is 5.83. The van der Waals surface area contributed by atoms with Crippen LogP contribution in [0.2, 0.25) is 0 Å². The lowest BCUT2D eigenvalue weighted by Crippen LogP contribution is -2.31. The Morgan fingerprint density at radius 1 is 1.73 bits per heavy atom.